The number of rotatable bonds is 8. The summed E-state index contributed by atoms with van der Waals surface area (Å²) in [4.78, 5) is 60.8. The normalized spacial score (nSPS) is 29.7. The zero-order valence-electron chi connectivity index (χ0n) is 31.1. The highest BCUT2D eigenvalue weighted by molar-refractivity contribution is 7.91. The van der Waals surface area contributed by atoms with Crippen LogP contribution in [0.3, 0.4) is 0 Å². The lowest BCUT2D eigenvalue weighted by atomic mass is 9.85. The molecule has 0 radical (unpaired) electrons. The molecule has 17 heteroatoms. The van der Waals surface area contributed by atoms with Gasteiger partial charge in [-0.05, 0) is 80.7 Å². The highest BCUT2D eigenvalue weighted by Crippen LogP contribution is 2.46. The van der Waals surface area contributed by atoms with Gasteiger partial charge < -0.3 is 34.9 Å². The number of amides is 4. The van der Waals surface area contributed by atoms with Crippen LogP contribution in [0.15, 0.2) is 24.3 Å². The SMILES string of the molecule is CC[C@@H]1C[C@H](C)CCC=C[C@@H]2C[C@@]2(C(=O)NS(=O)(=O)C2CC2)NC(=O)[C@@H]2C[C@@H](Oc3nc4c(c5cc(OC)c(F)cc35)CCCO4)CN2C(=O)[C@H]1NC(=O)O. The summed E-state index contributed by atoms with van der Waals surface area (Å²) in [5.74, 6) is -3.29. The molecule has 1 aromatic heterocycles. The standard InChI is InChI=1S/C38H48FN5O10S/c1-4-21-14-20(2)8-5-6-9-22-18-38(22,36(47)43-55(50,51)24-11-12-24)42-32(45)29-15-23(19-44(29)35(46)31(21)40-37(48)49)54-34-27-16-28(39)30(52-3)17-26(27)25-10-7-13-53-33(25)41-34/h6,9,16-17,20-24,29,31,40H,4-5,7-8,10-15,18-19H2,1-3H3,(H,42,45)(H,43,47)(H,48,49)/t20-,21-,22-,23-,29+,31+,38-/m1/s1. The van der Waals surface area contributed by atoms with Crippen LogP contribution in [0.4, 0.5) is 9.18 Å². The van der Waals surface area contributed by atoms with Gasteiger partial charge in [-0.25, -0.2) is 17.6 Å². The molecule has 7 rings (SSSR count). The number of fused-ring (bicyclic) bond motifs is 5. The molecule has 55 heavy (non-hydrogen) atoms. The Labute approximate surface area is 318 Å². The summed E-state index contributed by atoms with van der Waals surface area (Å²) in [5.41, 5.74) is -0.813. The van der Waals surface area contributed by atoms with E-state index < -0.39 is 80.5 Å². The van der Waals surface area contributed by atoms with E-state index in [1.54, 1.807) is 6.07 Å². The minimum absolute atomic E-state index is 0.0202. The number of carboxylic acid groups (broad SMARTS) is 1. The lowest BCUT2D eigenvalue weighted by Gasteiger charge is -2.33. The second-order valence-corrected chi connectivity index (χ2v) is 17.5. The average molecular weight is 786 g/mol. The van der Waals surface area contributed by atoms with Crippen molar-refractivity contribution in [2.45, 2.75) is 107 Å². The van der Waals surface area contributed by atoms with Crippen LogP contribution >= 0.6 is 0 Å². The predicted octanol–water partition coefficient (Wildman–Crippen LogP) is 3.58. The Morgan fingerprint density at radius 2 is 1.96 bits per heavy atom. The third-order valence-corrected chi connectivity index (χ3v) is 13.5. The number of sulfonamides is 1. The molecule has 2 saturated carbocycles. The summed E-state index contributed by atoms with van der Waals surface area (Å²) in [5, 5.41) is 15.4. The van der Waals surface area contributed by atoms with Gasteiger partial charge in [-0.3, -0.25) is 19.1 Å². The van der Waals surface area contributed by atoms with E-state index >= 15 is 4.39 Å². The number of carbonyl (C=O) groups is 4. The zero-order chi connectivity index (χ0) is 39.2. The van der Waals surface area contributed by atoms with Crippen LogP contribution in [0.1, 0.15) is 77.2 Å². The largest absolute Gasteiger partial charge is 0.494 e. The molecule has 5 aliphatic rings. The number of pyridine rings is 1. The molecule has 4 heterocycles. The first-order valence-electron chi connectivity index (χ1n) is 19.1. The molecule has 2 aromatic rings. The molecular weight excluding hydrogens is 738 g/mol. The summed E-state index contributed by atoms with van der Waals surface area (Å²) in [6.45, 7) is 4.16. The number of methoxy groups -OCH3 is 1. The van der Waals surface area contributed by atoms with Gasteiger partial charge in [0.05, 0.1) is 25.5 Å². The van der Waals surface area contributed by atoms with E-state index in [2.05, 4.69) is 20.3 Å². The van der Waals surface area contributed by atoms with Crippen molar-refractivity contribution in [3.05, 3.63) is 35.7 Å². The van der Waals surface area contributed by atoms with Gasteiger partial charge in [0.15, 0.2) is 11.6 Å². The van der Waals surface area contributed by atoms with Crippen LogP contribution in [0.25, 0.3) is 10.8 Å². The van der Waals surface area contributed by atoms with Gasteiger partial charge in [-0.1, -0.05) is 32.4 Å². The van der Waals surface area contributed by atoms with Crippen LogP contribution in [0, 0.1) is 23.6 Å². The first-order chi connectivity index (χ1) is 26.2. The maximum Gasteiger partial charge on any atom is 0.405 e. The molecule has 0 unspecified atom stereocenters. The number of benzene rings is 1. The van der Waals surface area contributed by atoms with Crippen LogP contribution in [0.5, 0.6) is 17.5 Å². The van der Waals surface area contributed by atoms with Crippen LogP contribution in [-0.4, -0.2) is 96.5 Å². The molecule has 0 bridgehead atoms. The van der Waals surface area contributed by atoms with Crippen LogP contribution in [-0.2, 0) is 30.8 Å². The summed E-state index contributed by atoms with van der Waals surface area (Å²) in [7, 11) is -2.58. The van der Waals surface area contributed by atoms with Crippen LogP contribution < -0.4 is 29.6 Å². The molecule has 15 nitrogen and oxygen atoms in total. The van der Waals surface area contributed by atoms with E-state index in [9.17, 15) is 32.7 Å². The van der Waals surface area contributed by atoms with Gasteiger partial charge in [0, 0.05) is 23.3 Å². The topological polar surface area (TPSA) is 203 Å². The number of allylic oxidation sites excluding steroid dienone is 1. The zero-order valence-corrected chi connectivity index (χ0v) is 32.0. The Hall–Kier alpha value is -4.67. The summed E-state index contributed by atoms with van der Waals surface area (Å²) in [6.07, 6.45) is 6.11. The van der Waals surface area contributed by atoms with E-state index in [1.807, 2.05) is 26.0 Å². The Balaban J connectivity index is 1.25. The van der Waals surface area contributed by atoms with E-state index in [1.165, 1.54) is 18.1 Å². The maximum absolute atomic E-state index is 15.2. The van der Waals surface area contributed by atoms with Gasteiger partial charge in [0.25, 0.3) is 5.91 Å². The third kappa shape index (κ3) is 7.76. The van der Waals surface area contributed by atoms with E-state index in [4.69, 9.17) is 14.2 Å². The molecule has 4 N–H and O–H groups in total. The lowest BCUT2D eigenvalue weighted by Crippen LogP contribution is -2.59. The van der Waals surface area contributed by atoms with E-state index in [0.717, 1.165) is 18.4 Å². The Bertz CT molecular complexity index is 2030. The second-order valence-electron chi connectivity index (χ2n) is 15.6. The summed E-state index contributed by atoms with van der Waals surface area (Å²) < 4.78 is 60.6. The number of nitrogens with zero attached hydrogens (tertiary/aromatic N) is 2. The minimum atomic E-state index is -3.94. The van der Waals surface area contributed by atoms with Crippen molar-refractivity contribution in [2.24, 2.45) is 17.8 Å². The minimum Gasteiger partial charge on any atom is -0.494 e. The maximum atomic E-state index is 15.2. The molecule has 2 aliphatic carbocycles. The number of aryl methyl sites for hydroxylation is 1. The van der Waals surface area contributed by atoms with Gasteiger partial charge in [-0.15, -0.1) is 0 Å². The van der Waals surface area contributed by atoms with Crippen molar-refractivity contribution < 1.29 is 51.3 Å². The fourth-order valence-electron chi connectivity index (χ4n) is 8.35. The number of nitrogens with one attached hydrogen (secondary N) is 3. The molecule has 3 aliphatic heterocycles. The first-order valence-corrected chi connectivity index (χ1v) is 20.6. The molecule has 4 amide bonds. The summed E-state index contributed by atoms with van der Waals surface area (Å²) >= 11 is 0. The Kier molecular flexibility index (Phi) is 10.6. The number of halogens is 1. The monoisotopic (exact) mass is 785 g/mol. The smallest absolute Gasteiger partial charge is 0.405 e. The van der Waals surface area contributed by atoms with Crippen LogP contribution in [0.2, 0.25) is 0 Å². The van der Waals surface area contributed by atoms with Crippen molar-refractivity contribution in [1.29, 1.82) is 0 Å². The van der Waals surface area contributed by atoms with E-state index in [-0.39, 0.29) is 36.9 Å². The number of hydrogen-bond acceptors (Lipinski definition) is 10. The van der Waals surface area contributed by atoms with Crippen molar-refractivity contribution in [1.82, 2.24) is 25.2 Å². The fraction of sp³-hybridized carbons (Fsp3) is 0.605. The van der Waals surface area contributed by atoms with Gasteiger partial charge in [-0.2, -0.15) is 4.98 Å². The van der Waals surface area contributed by atoms with Crippen molar-refractivity contribution >= 4 is 44.6 Å². The van der Waals surface area contributed by atoms with Crippen molar-refractivity contribution in [3.8, 4) is 17.5 Å². The molecule has 3 fully saturated rings. The molecular formula is C38H48FN5O10S. The molecule has 7 atom stereocenters. The predicted molar refractivity (Wildman–Crippen MR) is 197 cm³/mol. The highest BCUT2D eigenvalue weighted by Gasteiger charge is 2.62. The first kappa shape index (κ1) is 38.6. The Morgan fingerprint density at radius 3 is 2.67 bits per heavy atom. The fourth-order valence-corrected chi connectivity index (χ4v) is 9.71. The molecule has 1 aromatic carbocycles. The molecule has 1 saturated heterocycles. The second kappa shape index (κ2) is 15.1. The van der Waals surface area contributed by atoms with Gasteiger partial charge >= 0.3 is 6.09 Å². The third-order valence-electron chi connectivity index (χ3n) is 11.7. The molecule has 0 spiro atoms. The summed E-state index contributed by atoms with van der Waals surface area (Å²) in [6, 6.07) is 0.371. The highest BCUT2D eigenvalue weighted by atomic mass is 32.2. The van der Waals surface area contributed by atoms with Crippen molar-refractivity contribution in [3.63, 3.8) is 0 Å². The van der Waals surface area contributed by atoms with Gasteiger partial charge in [0.1, 0.15) is 23.7 Å². The van der Waals surface area contributed by atoms with E-state index in [0.29, 0.717) is 61.8 Å². The lowest BCUT2D eigenvalue weighted by molar-refractivity contribution is -0.142. The van der Waals surface area contributed by atoms with Crippen molar-refractivity contribution in [2.75, 3.05) is 20.3 Å². The number of carbonyl (C=O) groups excluding carboxylic acids is 3. The number of hydrogen-bond donors (Lipinski definition) is 4. The van der Waals surface area contributed by atoms with Gasteiger partial charge in [0.2, 0.25) is 33.6 Å². The Morgan fingerprint density at radius 1 is 1.18 bits per heavy atom. The molecule has 298 valence electrons. The number of ether oxygens (including phenoxy) is 3. The quantitative estimate of drug-likeness (QED) is 0.285. The number of aromatic nitrogens is 1. The average Bonchev–Trinajstić information content (AvgIpc) is 4.07.